The van der Waals surface area contributed by atoms with E-state index in [1.165, 1.54) is 16.2 Å². The minimum absolute atomic E-state index is 0.114. The van der Waals surface area contributed by atoms with Crippen LogP contribution in [0, 0.1) is 0 Å². The second-order valence-corrected chi connectivity index (χ2v) is 7.27. The van der Waals surface area contributed by atoms with Crippen LogP contribution < -0.4 is 10.2 Å². The third-order valence-corrected chi connectivity index (χ3v) is 5.18. The molecule has 0 atom stereocenters. The maximum Gasteiger partial charge on any atom is 0.251 e. The van der Waals surface area contributed by atoms with Gasteiger partial charge in [-0.3, -0.25) is 14.5 Å². The van der Waals surface area contributed by atoms with E-state index < -0.39 is 0 Å². The number of aromatic nitrogens is 2. The van der Waals surface area contributed by atoms with Gasteiger partial charge in [-0.05, 0) is 24.3 Å². The van der Waals surface area contributed by atoms with Crippen LogP contribution in [-0.2, 0) is 4.79 Å². The van der Waals surface area contributed by atoms with Crippen LogP contribution in [0.5, 0.6) is 0 Å². The van der Waals surface area contributed by atoms with Crippen LogP contribution in [0.2, 0.25) is 0 Å². The summed E-state index contributed by atoms with van der Waals surface area (Å²) in [5, 5.41) is 12.0. The molecule has 0 radical (unpaired) electrons. The van der Waals surface area contributed by atoms with E-state index in [4.69, 9.17) is 0 Å². The Bertz CT molecular complexity index is 912. The zero-order valence-corrected chi connectivity index (χ0v) is 16.3. The van der Waals surface area contributed by atoms with Gasteiger partial charge in [0.25, 0.3) is 5.91 Å². The molecule has 0 spiro atoms. The highest BCUT2D eigenvalue weighted by molar-refractivity contribution is 9.10. The molecule has 0 bridgehead atoms. The van der Waals surface area contributed by atoms with Gasteiger partial charge in [0, 0.05) is 22.6 Å². The average molecular weight is 431 g/mol. The first-order valence-electron chi connectivity index (χ1n) is 7.74. The molecule has 2 amide bonds. The fourth-order valence-corrected chi connectivity index (χ4v) is 3.23. The highest BCUT2D eigenvalue weighted by Crippen LogP contribution is 2.28. The summed E-state index contributed by atoms with van der Waals surface area (Å²) in [6.45, 7) is -0.114. The Morgan fingerprint density at radius 3 is 2.46 bits per heavy atom. The molecular formula is C18H15BrN4O2S. The third kappa shape index (κ3) is 4.33. The van der Waals surface area contributed by atoms with Gasteiger partial charge < -0.3 is 5.32 Å². The zero-order valence-electron chi connectivity index (χ0n) is 13.8. The van der Waals surface area contributed by atoms with Crippen LogP contribution in [-0.4, -0.2) is 35.6 Å². The number of likely N-dealkylation sites (N-methyl/N-ethyl adjacent to an activating group) is 1. The quantitative estimate of drug-likeness (QED) is 0.673. The Balaban J connectivity index is 1.62. The number of benzene rings is 2. The van der Waals surface area contributed by atoms with Crippen molar-refractivity contribution in [1.29, 1.82) is 0 Å². The lowest BCUT2D eigenvalue weighted by Crippen LogP contribution is -2.38. The summed E-state index contributed by atoms with van der Waals surface area (Å²) in [6.07, 6.45) is 0. The van der Waals surface area contributed by atoms with Crippen molar-refractivity contribution in [3.63, 3.8) is 0 Å². The van der Waals surface area contributed by atoms with E-state index >= 15 is 0 Å². The van der Waals surface area contributed by atoms with Crippen molar-refractivity contribution in [2.24, 2.45) is 0 Å². The molecule has 2 aromatic carbocycles. The van der Waals surface area contributed by atoms with Crippen LogP contribution in [0.4, 0.5) is 5.13 Å². The molecule has 132 valence electrons. The van der Waals surface area contributed by atoms with Gasteiger partial charge in [-0.25, -0.2) is 0 Å². The summed E-state index contributed by atoms with van der Waals surface area (Å²) in [5.74, 6) is -0.562. The number of hydrogen-bond acceptors (Lipinski definition) is 5. The van der Waals surface area contributed by atoms with E-state index in [-0.39, 0.29) is 18.4 Å². The fourth-order valence-electron chi connectivity index (χ4n) is 2.13. The Morgan fingerprint density at radius 1 is 1.08 bits per heavy atom. The van der Waals surface area contributed by atoms with Gasteiger partial charge in [-0.15, -0.1) is 10.2 Å². The van der Waals surface area contributed by atoms with Crippen molar-refractivity contribution < 1.29 is 9.59 Å². The van der Waals surface area contributed by atoms with Gasteiger partial charge in [-0.1, -0.05) is 57.6 Å². The number of amides is 2. The Morgan fingerprint density at radius 2 is 1.77 bits per heavy atom. The lowest BCUT2D eigenvalue weighted by atomic mass is 10.2. The Labute approximate surface area is 163 Å². The SMILES string of the molecule is CN(C(=O)CNC(=O)c1ccccc1)c1nnc(-c2ccc(Br)cc2)s1. The lowest BCUT2D eigenvalue weighted by molar-refractivity contribution is -0.117. The molecule has 0 aliphatic heterocycles. The fraction of sp³-hybridized carbons (Fsp3) is 0.111. The minimum Gasteiger partial charge on any atom is -0.343 e. The summed E-state index contributed by atoms with van der Waals surface area (Å²) in [6, 6.07) is 16.5. The number of carbonyl (C=O) groups excluding carboxylic acids is 2. The number of hydrogen-bond donors (Lipinski definition) is 1. The van der Waals surface area contributed by atoms with Gasteiger partial charge in [0.05, 0.1) is 6.54 Å². The van der Waals surface area contributed by atoms with E-state index in [0.29, 0.717) is 10.7 Å². The number of halogens is 1. The largest absolute Gasteiger partial charge is 0.343 e. The Hall–Kier alpha value is -2.58. The molecule has 6 nitrogen and oxygen atoms in total. The van der Waals surface area contributed by atoms with Crippen molar-refractivity contribution in [2.45, 2.75) is 0 Å². The number of rotatable bonds is 5. The van der Waals surface area contributed by atoms with Crippen molar-refractivity contribution in [1.82, 2.24) is 15.5 Å². The van der Waals surface area contributed by atoms with Crippen LogP contribution in [0.1, 0.15) is 10.4 Å². The average Bonchev–Trinajstić information content (AvgIpc) is 3.16. The predicted molar refractivity (Wildman–Crippen MR) is 105 cm³/mol. The first-order valence-corrected chi connectivity index (χ1v) is 9.35. The molecule has 26 heavy (non-hydrogen) atoms. The van der Waals surface area contributed by atoms with Crippen molar-refractivity contribution in [2.75, 3.05) is 18.5 Å². The number of nitrogens with one attached hydrogen (secondary N) is 1. The van der Waals surface area contributed by atoms with Gasteiger partial charge in [0.15, 0.2) is 0 Å². The van der Waals surface area contributed by atoms with Gasteiger partial charge in [-0.2, -0.15) is 0 Å². The van der Waals surface area contributed by atoms with E-state index in [9.17, 15) is 9.59 Å². The standard InChI is InChI=1S/C18H15BrN4O2S/c1-23(15(24)11-20-16(25)12-5-3-2-4-6-12)18-22-21-17(26-18)13-7-9-14(19)10-8-13/h2-10H,11H2,1H3,(H,20,25). The maximum absolute atomic E-state index is 12.3. The van der Waals surface area contributed by atoms with Crippen LogP contribution in [0.25, 0.3) is 10.6 Å². The summed E-state index contributed by atoms with van der Waals surface area (Å²) >= 11 is 4.70. The first kappa shape index (κ1) is 18.2. The maximum atomic E-state index is 12.3. The molecular weight excluding hydrogens is 416 g/mol. The molecule has 0 saturated heterocycles. The van der Waals surface area contributed by atoms with Crippen LogP contribution in [0.3, 0.4) is 0 Å². The number of carbonyl (C=O) groups is 2. The minimum atomic E-state index is -0.292. The van der Waals surface area contributed by atoms with Crippen molar-refractivity contribution in [3.05, 3.63) is 64.6 Å². The highest BCUT2D eigenvalue weighted by atomic mass is 79.9. The second-order valence-electron chi connectivity index (χ2n) is 5.40. The molecule has 0 unspecified atom stereocenters. The summed E-state index contributed by atoms with van der Waals surface area (Å²) < 4.78 is 0.979. The normalized spacial score (nSPS) is 10.4. The molecule has 3 rings (SSSR count). The van der Waals surface area contributed by atoms with E-state index in [0.717, 1.165) is 15.0 Å². The van der Waals surface area contributed by atoms with Crippen molar-refractivity contribution in [3.8, 4) is 10.6 Å². The zero-order chi connectivity index (χ0) is 18.5. The topological polar surface area (TPSA) is 75.2 Å². The van der Waals surface area contributed by atoms with Gasteiger partial charge >= 0.3 is 0 Å². The molecule has 0 aliphatic carbocycles. The predicted octanol–water partition coefficient (Wildman–Crippen LogP) is 3.36. The van der Waals surface area contributed by atoms with E-state index in [2.05, 4.69) is 31.4 Å². The monoisotopic (exact) mass is 430 g/mol. The number of nitrogens with zero attached hydrogens (tertiary/aromatic N) is 3. The first-order chi connectivity index (χ1) is 12.5. The molecule has 8 heteroatoms. The third-order valence-electron chi connectivity index (χ3n) is 3.60. The van der Waals surface area contributed by atoms with Crippen LogP contribution in [0.15, 0.2) is 59.1 Å². The second kappa shape index (κ2) is 8.20. The summed E-state index contributed by atoms with van der Waals surface area (Å²) in [7, 11) is 1.61. The van der Waals surface area contributed by atoms with E-state index in [1.54, 1.807) is 31.3 Å². The lowest BCUT2D eigenvalue weighted by Gasteiger charge is -2.13. The van der Waals surface area contributed by atoms with Gasteiger partial charge in [0.2, 0.25) is 11.0 Å². The molecule has 0 saturated carbocycles. The molecule has 1 aromatic heterocycles. The molecule has 1 heterocycles. The summed E-state index contributed by atoms with van der Waals surface area (Å²) in [4.78, 5) is 25.7. The molecule has 1 N–H and O–H groups in total. The molecule has 0 fully saturated rings. The van der Waals surface area contributed by atoms with Crippen LogP contribution >= 0.6 is 27.3 Å². The smallest absolute Gasteiger partial charge is 0.251 e. The Kier molecular flexibility index (Phi) is 5.75. The number of anilines is 1. The summed E-state index contributed by atoms with van der Waals surface area (Å²) in [5.41, 5.74) is 1.44. The highest BCUT2D eigenvalue weighted by Gasteiger charge is 2.17. The molecule has 3 aromatic rings. The van der Waals surface area contributed by atoms with E-state index in [1.807, 2.05) is 30.3 Å². The molecule has 0 aliphatic rings. The van der Waals surface area contributed by atoms with Gasteiger partial charge in [0.1, 0.15) is 5.01 Å². The van der Waals surface area contributed by atoms with Crippen molar-refractivity contribution >= 4 is 44.2 Å².